The fraction of sp³-hybridized carbons (Fsp3) is 0.500. The highest BCUT2D eigenvalue weighted by Crippen LogP contribution is 2.23. The minimum absolute atomic E-state index is 0.229. The predicted molar refractivity (Wildman–Crippen MR) is 66.9 cm³/mol. The summed E-state index contributed by atoms with van der Waals surface area (Å²) in [5, 5.41) is 0. The van der Waals surface area contributed by atoms with Gasteiger partial charge in [-0.15, -0.1) is 0 Å². The van der Waals surface area contributed by atoms with Crippen molar-refractivity contribution in [3.63, 3.8) is 0 Å². The zero-order valence-electron chi connectivity index (χ0n) is 11.0. The molecule has 0 fully saturated rings. The average Bonchev–Trinajstić information content (AvgIpc) is 2.32. The summed E-state index contributed by atoms with van der Waals surface area (Å²) >= 11 is 0. The molecule has 18 heavy (non-hydrogen) atoms. The van der Waals surface area contributed by atoms with Crippen molar-refractivity contribution in [1.82, 2.24) is 0 Å². The lowest BCUT2D eigenvalue weighted by Crippen LogP contribution is -2.28. The van der Waals surface area contributed by atoms with Crippen LogP contribution >= 0.6 is 0 Å². The topological polar surface area (TPSA) is 35.5 Å². The third kappa shape index (κ3) is 4.35. The van der Waals surface area contributed by atoms with Crippen molar-refractivity contribution < 1.29 is 18.7 Å². The van der Waals surface area contributed by atoms with E-state index in [1.165, 1.54) is 12.1 Å². The summed E-state index contributed by atoms with van der Waals surface area (Å²) in [7, 11) is 0. The third-order valence-corrected chi connectivity index (χ3v) is 2.64. The van der Waals surface area contributed by atoms with Crippen LogP contribution in [0.3, 0.4) is 0 Å². The van der Waals surface area contributed by atoms with Gasteiger partial charge in [-0.25, -0.2) is 4.39 Å². The molecule has 3 nitrogen and oxygen atoms in total. The summed E-state index contributed by atoms with van der Waals surface area (Å²) in [6.07, 6.45) is 0.545. The van der Waals surface area contributed by atoms with Gasteiger partial charge < -0.3 is 9.47 Å². The van der Waals surface area contributed by atoms with E-state index in [2.05, 4.69) is 0 Å². The number of carbonyl (C=O) groups excluding carboxylic acids is 1. The minimum Gasteiger partial charge on any atom is -0.494 e. The SMILES string of the molecule is CCOC(=O)C(C)(C)CCOc1ccc(F)cc1. The Labute approximate surface area is 107 Å². The van der Waals surface area contributed by atoms with Crippen molar-refractivity contribution in [2.45, 2.75) is 27.2 Å². The first kappa shape index (κ1) is 14.5. The number of hydrogen-bond acceptors (Lipinski definition) is 3. The van der Waals surface area contributed by atoms with Gasteiger partial charge in [-0.3, -0.25) is 4.79 Å². The van der Waals surface area contributed by atoms with Crippen molar-refractivity contribution >= 4 is 5.97 Å². The average molecular weight is 254 g/mol. The van der Waals surface area contributed by atoms with Crippen LogP contribution in [-0.2, 0) is 9.53 Å². The molecule has 0 unspecified atom stereocenters. The third-order valence-electron chi connectivity index (χ3n) is 2.64. The molecule has 0 aliphatic carbocycles. The second-order valence-corrected chi connectivity index (χ2v) is 4.66. The Bertz CT molecular complexity index is 385. The van der Waals surface area contributed by atoms with Crippen LogP contribution in [0, 0.1) is 11.2 Å². The maximum absolute atomic E-state index is 12.7. The quantitative estimate of drug-likeness (QED) is 0.731. The Balaban J connectivity index is 2.41. The van der Waals surface area contributed by atoms with E-state index >= 15 is 0 Å². The maximum atomic E-state index is 12.7. The number of esters is 1. The molecule has 0 saturated carbocycles. The largest absolute Gasteiger partial charge is 0.494 e. The van der Waals surface area contributed by atoms with Crippen LogP contribution in [0.1, 0.15) is 27.2 Å². The molecule has 4 heteroatoms. The van der Waals surface area contributed by atoms with Crippen LogP contribution in [0.2, 0.25) is 0 Å². The predicted octanol–water partition coefficient (Wildman–Crippen LogP) is 3.18. The van der Waals surface area contributed by atoms with Crippen LogP contribution in [0.15, 0.2) is 24.3 Å². The van der Waals surface area contributed by atoms with Crippen LogP contribution in [0.4, 0.5) is 4.39 Å². The molecule has 100 valence electrons. The molecule has 0 amide bonds. The summed E-state index contributed by atoms with van der Waals surface area (Å²) < 4.78 is 23.1. The molecule has 0 bridgehead atoms. The summed E-state index contributed by atoms with van der Waals surface area (Å²) in [6.45, 7) is 6.18. The van der Waals surface area contributed by atoms with Crippen molar-refractivity contribution in [3.8, 4) is 5.75 Å². The highest BCUT2D eigenvalue weighted by molar-refractivity contribution is 5.75. The van der Waals surface area contributed by atoms with Crippen molar-refractivity contribution in [2.75, 3.05) is 13.2 Å². The van der Waals surface area contributed by atoms with E-state index in [0.29, 0.717) is 25.4 Å². The molecule has 0 saturated heterocycles. The first-order chi connectivity index (χ1) is 8.45. The Morgan fingerprint density at radius 1 is 1.28 bits per heavy atom. The lowest BCUT2D eigenvalue weighted by molar-refractivity contribution is -0.154. The van der Waals surface area contributed by atoms with Gasteiger partial charge in [0.15, 0.2) is 0 Å². The van der Waals surface area contributed by atoms with Crippen LogP contribution in [0.25, 0.3) is 0 Å². The van der Waals surface area contributed by atoms with Gasteiger partial charge in [0, 0.05) is 0 Å². The fourth-order valence-electron chi connectivity index (χ4n) is 1.38. The van der Waals surface area contributed by atoms with Crippen molar-refractivity contribution in [3.05, 3.63) is 30.1 Å². The normalized spacial score (nSPS) is 11.1. The van der Waals surface area contributed by atoms with Crippen molar-refractivity contribution in [1.29, 1.82) is 0 Å². The number of ether oxygens (including phenoxy) is 2. The van der Waals surface area contributed by atoms with Crippen LogP contribution in [0.5, 0.6) is 5.75 Å². The van der Waals surface area contributed by atoms with Gasteiger partial charge in [0.25, 0.3) is 0 Å². The van der Waals surface area contributed by atoms with Gasteiger partial charge in [-0.1, -0.05) is 0 Å². The van der Waals surface area contributed by atoms with Gasteiger partial charge >= 0.3 is 5.97 Å². The number of rotatable bonds is 6. The number of halogens is 1. The van der Waals surface area contributed by atoms with E-state index in [1.54, 1.807) is 19.1 Å². The molecule has 0 spiro atoms. The van der Waals surface area contributed by atoms with Gasteiger partial charge in [0.2, 0.25) is 0 Å². The van der Waals surface area contributed by atoms with Gasteiger partial charge in [-0.05, 0) is 51.5 Å². The van der Waals surface area contributed by atoms with E-state index in [1.807, 2.05) is 13.8 Å². The molecule has 0 radical (unpaired) electrons. The molecule has 1 aromatic rings. The molecule has 1 aromatic carbocycles. The Hall–Kier alpha value is -1.58. The van der Waals surface area contributed by atoms with Crippen LogP contribution in [-0.4, -0.2) is 19.2 Å². The first-order valence-corrected chi connectivity index (χ1v) is 6.01. The van der Waals surface area contributed by atoms with Crippen LogP contribution < -0.4 is 4.74 Å². The van der Waals surface area contributed by atoms with E-state index in [-0.39, 0.29) is 11.8 Å². The molecule has 0 aromatic heterocycles. The molecule has 1 rings (SSSR count). The second kappa shape index (κ2) is 6.38. The Morgan fingerprint density at radius 2 is 1.89 bits per heavy atom. The monoisotopic (exact) mass is 254 g/mol. The second-order valence-electron chi connectivity index (χ2n) is 4.66. The first-order valence-electron chi connectivity index (χ1n) is 6.01. The van der Waals surface area contributed by atoms with Gasteiger partial charge in [-0.2, -0.15) is 0 Å². The molecular formula is C14H19FO3. The van der Waals surface area contributed by atoms with Gasteiger partial charge in [0.05, 0.1) is 18.6 Å². The summed E-state index contributed by atoms with van der Waals surface area (Å²) in [4.78, 5) is 11.6. The molecule has 0 atom stereocenters. The zero-order valence-corrected chi connectivity index (χ0v) is 11.0. The minimum atomic E-state index is -0.573. The van der Waals surface area contributed by atoms with E-state index in [9.17, 15) is 9.18 Å². The molecule has 0 heterocycles. The standard InChI is InChI=1S/C14H19FO3/c1-4-17-13(16)14(2,3)9-10-18-12-7-5-11(15)6-8-12/h5-8H,4,9-10H2,1-3H3. The lowest BCUT2D eigenvalue weighted by atomic mass is 9.90. The van der Waals surface area contributed by atoms with Crippen molar-refractivity contribution in [2.24, 2.45) is 5.41 Å². The highest BCUT2D eigenvalue weighted by atomic mass is 19.1. The number of hydrogen-bond donors (Lipinski definition) is 0. The maximum Gasteiger partial charge on any atom is 0.311 e. The summed E-state index contributed by atoms with van der Waals surface area (Å²) in [5.74, 6) is 0.0676. The van der Waals surface area contributed by atoms with E-state index < -0.39 is 5.41 Å². The Morgan fingerprint density at radius 3 is 2.44 bits per heavy atom. The fourth-order valence-corrected chi connectivity index (χ4v) is 1.38. The Kier molecular flexibility index (Phi) is 5.13. The van der Waals surface area contributed by atoms with E-state index in [0.717, 1.165) is 0 Å². The molecule has 0 aliphatic heterocycles. The summed E-state index contributed by atoms with van der Waals surface area (Å²) in [6, 6.07) is 5.80. The molecule has 0 aliphatic rings. The van der Waals surface area contributed by atoms with Gasteiger partial charge in [0.1, 0.15) is 11.6 Å². The lowest BCUT2D eigenvalue weighted by Gasteiger charge is -2.22. The molecule has 0 N–H and O–H groups in total. The zero-order chi connectivity index (χ0) is 13.6. The smallest absolute Gasteiger partial charge is 0.311 e. The van der Waals surface area contributed by atoms with E-state index in [4.69, 9.17) is 9.47 Å². The highest BCUT2D eigenvalue weighted by Gasteiger charge is 2.28. The number of carbonyl (C=O) groups is 1. The molecular weight excluding hydrogens is 235 g/mol. The number of benzene rings is 1. The summed E-state index contributed by atoms with van der Waals surface area (Å²) in [5.41, 5.74) is -0.573.